The van der Waals surface area contributed by atoms with Gasteiger partial charge in [0.15, 0.2) is 5.78 Å². The van der Waals surface area contributed by atoms with Crippen molar-refractivity contribution in [1.29, 1.82) is 0 Å². The highest BCUT2D eigenvalue weighted by molar-refractivity contribution is 6.31. The van der Waals surface area contributed by atoms with Gasteiger partial charge in [-0.3, -0.25) is 4.79 Å². The average Bonchev–Trinajstić information content (AvgIpc) is 2.50. The maximum absolute atomic E-state index is 13.1. The number of carbonyl (C=O) groups is 1. The highest BCUT2D eigenvalue weighted by Crippen LogP contribution is 2.36. The van der Waals surface area contributed by atoms with Crippen molar-refractivity contribution in [3.63, 3.8) is 0 Å². The standard InChI is InChI=1S/C17H24ClNO2/c1-3-7-17(8-4-9-19-12-17)16(20)13-5-6-15(18)14(10-13)11-21-2/h5-6,10,19H,3-4,7-9,11-12H2,1-2H3. The number of benzene rings is 1. The molecular weight excluding hydrogens is 286 g/mol. The lowest BCUT2D eigenvalue weighted by Gasteiger charge is -2.36. The Morgan fingerprint density at radius 2 is 2.29 bits per heavy atom. The smallest absolute Gasteiger partial charge is 0.170 e. The van der Waals surface area contributed by atoms with E-state index in [2.05, 4.69) is 12.2 Å². The van der Waals surface area contributed by atoms with Crippen LogP contribution < -0.4 is 5.32 Å². The van der Waals surface area contributed by atoms with Gasteiger partial charge in [0, 0.05) is 29.7 Å². The van der Waals surface area contributed by atoms with Gasteiger partial charge in [0.2, 0.25) is 0 Å². The zero-order chi connectivity index (χ0) is 15.3. The van der Waals surface area contributed by atoms with Gasteiger partial charge in [-0.05, 0) is 49.6 Å². The number of hydrogen-bond acceptors (Lipinski definition) is 3. The van der Waals surface area contributed by atoms with Crippen molar-refractivity contribution in [2.75, 3.05) is 20.2 Å². The average molecular weight is 310 g/mol. The van der Waals surface area contributed by atoms with Crippen molar-refractivity contribution in [1.82, 2.24) is 5.32 Å². The van der Waals surface area contributed by atoms with Crippen molar-refractivity contribution in [2.24, 2.45) is 5.41 Å². The van der Waals surface area contributed by atoms with E-state index < -0.39 is 0 Å². The highest BCUT2D eigenvalue weighted by atomic mass is 35.5. The van der Waals surface area contributed by atoms with E-state index in [0.717, 1.165) is 49.9 Å². The van der Waals surface area contributed by atoms with Gasteiger partial charge in [-0.25, -0.2) is 0 Å². The fourth-order valence-corrected chi connectivity index (χ4v) is 3.43. The summed E-state index contributed by atoms with van der Waals surface area (Å²) < 4.78 is 5.15. The van der Waals surface area contributed by atoms with Crippen molar-refractivity contribution in [2.45, 2.75) is 39.2 Å². The third kappa shape index (κ3) is 3.65. The number of piperidine rings is 1. The number of halogens is 1. The van der Waals surface area contributed by atoms with Crippen LogP contribution in [0.3, 0.4) is 0 Å². The van der Waals surface area contributed by atoms with Crippen molar-refractivity contribution in [3.8, 4) is 0 Å². The first-order chi connectivity index (χ1) is 10.1. The molecule has 0 spiro atoms. The summed E-state index contributed by atoms with van der Waals surface area (Å²) in [7, 11) is 1.63. The molecule has 116 valence electrons. The fraction of sp³-hybridized carbons (Fsp3) is 0.588. The number of carbonyl (C=O) groups excluding carboxylic acids is 1. The maximum atomic E-state index is 13.1. The molecule has 0 radical (unpaired) electrons. The van der Waals surface area contributed by atoms with Gasteiger partial charge in [-0.2, -0.15) is 0 Å². The van der Waals surface area contributed by atoms with E-state index in [0.29, 0.717) is 11.6 Å². The van der Waals surface area contributed by atoms with Crippen LogP contribution in [-0.4, -0.2) is 26.0 Å². The largest absolute Gasteiger partial charge is 0.380 e. The fourth-order valence-electron chi connectivity index (χ4n) is 3.26. The Bertz CT molecular complexity index is 490. The van der Waals surface area contributed by atoms with E-state index >= 15 is 0 Å². The Morgan fingerprint density at radius 3 is 2.90 bits per heavy atom. The lowest BCUT2D eigenvalue weighted by atomic mass is 9.71. The number of Topliss-reactive ketones (excluding diaryl/α,β-unsaturated/α-hetero) is 1. The Labute approximate surface area is 132 Å². The molecule has 1 fully saturated rings. The first kappa shape index (κ1) is 16.5. The number of methoxy groups -OCH3 is 1. The van der Waals surface area contributed by atoms with Crippen LogP contribution in [0.15, 0.2) is 18.2 Å². The number of rotatable bonds is 6. The molecule has 1 atom stereocenters. The molecule has 1 N–H and O–H groups in total. The van der Waals surface area contributed by atoms with Crippen LogP contribution in [0, 0.1) is 5.41 Å². The van der Waals surface area contributed by atoms with Crippen LogP contribution >= 0.6 is 11.6 Å². The van der Waals surface area contributed by atoms with Crippen LogP contribution in [0.1, 0.15) is 48.5 Å². The minimum Gasteiger partial charge on any atom is -0.380 e. The van der Waals surface area contributed by atoms with E-state index in [1.165, 1.54) is 0 Å². The Balaban J connectivity index is 2.30. The number of hydrogen-bond donors (Lipinski definition) is 1. The molecule has 1 saturated heterocycles. The van der Waals surface area contributed by atoms with Gasteiger partial charge in [0.05, 0.1) is 6.61 Å². The van der Waals surface area contributed by atoms with Crippen LogP contribution in [-0.2, 0) is 11.3 Å². The predicted molar refractivity (Wildman–Crippen MR) is 85.9 cm³/mol. The molecule has 21 heavy (non-hydrogen) atoms. The zero-order valence-corrected chi connectivity index (χ0v) is 13.6. The summed E-state index contributed by atoms with van der Waals surface area (Å²) in [5, 5.41) is 4.04. The normalized spacial score (nSPS) is 22.2. The van der Waals surface area contributed by atoms with Crippen LogP contribution in [0.5, 0.6) is 0 Å². The summed E-state index contributed by atoms with van der Waals surface area (Å²) in [6.07, 6.45) is 3.98. The molecule has 0 amide bonds. The molecule has 1 aliphatic rings. The predicted octanol–water partition coefficient (Wildman–Crippen LogP) is 3.84. The van der Waals surface area contributed by atoms with Crippen molar-refractivity contribution in [3.05, 3.63) is 34.3 Å². The van der Waals surface area contributed by atoms with E-state index in [4.69, 9.17) is 16.3 Å². The number of ether oxygens (including phenoxy) is 1. The van der Waals surface area contributed by atoms with Gasteiger partial charge in [0.1, 0.15) is 0 Å². The molecule has 1 aliphatic heterocycles. The Hall–Kier alpha value is -0.900. The monoisotopic (exact) mass is 309 g/mol. The molecule has 2 rings (SSSR count). The first-order valence-corrected chi connectivity index (χ1v) is 8.03. The third-order valence-electron chi connectivity index (χ3n) is 4.29. The topological polar surface area (TPSA) is 38.3 Å². The van der Waals surface area contributed by atoms with Gasteiger partial charge in [-0.1, -0.05) is 24.9 Å². The van der Waals surface area contributed by atoms with Crippen molar-refractivity contribution < 1.29 is 9.53 Å². The molecule has 0 saturated carbocycles. The molecule has 1 heterocycles. The Morgan fingerprint density at radius 1 is 1.48 bits per heavy atom. The van der Waals surface area contributed by atoms with Gasteiger partial charge >= 0.3 is 0 Å². The molecule has 3 nitrogen and oxygen atoms in total. The second kappa shape index (κ2) is 7.39. The van der Waals surface area contributed by atoms with Crippen LogP contribution in [0.25, 0.3) is 0 Å². The molecule has 1 aromatic carbocycles. The second-order valence-electron chi connectivity index (χ2n) is 5.88. The number of nitrogens with one attached hydrogen (secondary N) is 1. The lowest BCUT2D eigenvalue weighted by Crippen LogP contribution is -2.45. The first-order valence-electron chi connectivity index (χ1n) is 7.66. The second-order valence-corrected chi connectivity index (χ2v) is 6.29. The van der Waals surface area contributed by atoms with Gasteiger partial charge < -0.3 is 10.1 Å². The molecule has 0 aliphatic carbocycles. The van der Waals surface area contributed by atoms with Crippen LogP contribution in [0.2, 0.25) is 5.02 Å². The Kier molecular flexibility index (Phi) is 5.80. The molecule has 0 bridgehead atoms. The highest BCUT2D eigenvalue weighted by Gasteiger charge is 2.39. The van der Waals surface area contributed by atoms with E-state index in [-0.39, 0.29) is 11.2 Å². The van der Waals surface area contributed by atoms with Crippen molar-refractivity contribution >= 4 is 17.4 Å². The lowest BCUT2D eigenvalue weighted by molar-refractivity contribution is 0.0717. The van der Waals surface area contributed by atoms with E-state index in [9.17, 15) is 4.79 Å². The summed E-state index contributed by atoms with van der Waals surface area (Å²) in [5.41, 5.74) is 1.37. The SMILES string of the molecule is CCCC1(C(=O)c2ccc(Cl)c(COC)c2)CCCNC1. The summed E-state index contributed by atoms with van der Waals surface area (Å²) in [5.74, 6) is 0.241. The molecule has 4 heteroatoms. The summed E-state index contributed by atoms with van der Waals surface area (Å²) in [6, 6.07) is 5.54. The molecule has 0 aromatic heterocycles. The minimum atomic E-state index is -0.259. The zero-order valence-electron chi connectivity index (χ0n) is 12.9. The molecule has 1 unspecified atom stereocenters. The number of ketones is 1. The van der Waals surface area contributed by atoms with Gasteiger partial charge in [0.25, 0.3) is 0 Å². The van der Waals surface area contributed by atoms with Gasteiger partial charge in [-0.15, -0.1) is 0 Å². The van der Waals surface area contributed by atoms with Crippen LogP contribution in [0.4, 0.5) is 0 Å². The molecule has 1 aromatic rings. The summed E-state index contributed by atoms with van der Waals surface area (Å²) in [4.78, 5) is 13.1. The molecular formula is C17H24ClNO2. The van der Waals surface area contributed by atoms with E-state index in [1.807, 2.05) is 12.1 Å². The quantitative estimate of drug-likeness (QED) is 0.811. The summed E-state index contributed by atoms with van der Waals surface area (Å²) >= 11 is 6.16. The minimum absolute atomic E-state index is 0.241. The maximum Gasteiger partial charge on any atom is 0.170 e. The van der Waals surface area contributed by atoms with E-state index in [1.54, 1.807) is 13.2 Å². The third-order valence-corrected chi connectivity index (χ3v) is 4.66. The summed E-state index contributed by atoms with van der Waals surface area (Å²) in [6.45, 7) is 4.36.